The van der Waals surface area contributed by atoms with Gasteiger partial charge >= 0.3 is 0 Å². The molecule has 0 saturated heterocycles. The largest absolute Gasteiger partial charge is 0.454 e. The van der Waals surface area contributed by atoms with Crippen LogP contribution in [-0.2, 0) is 25.4 Å². The van der Waals surface area contributed by atoms with E-state index in [1.54, 1.807) is 0 Å². The molecule has 0 fully saturated rings. The van der Waals surface area contributed by atoms with Crippen LogP contribution in [0.3, 0.4) is 0 Å². The minimum Gasteiger partial charge on any atom is -0.454 e. The first-order chi connectivity index (χ1) is 11.7. The zero-order valence-electron chi connectivity index (χ0n) is 14.8. The lowest BCUT2D eigenvalue weighted by Gasteiger charge is -2.20. The Kier molecular flexibility index (Phi) is 8.32. The summed E-state index contributed by atoms with van der Waals surface area (Å²) in [6.07, 6.45) is 0.554. The van der Waals surface area contributed by atoms with Gasteiger partial charge in [-0.3, -0.25) is 0 Å². The Morgan fingerprint density at radius 2 is 1.75 bits per heavy atom. The summed E-state index contributed by atoms with van der Waals surface area (Å²) >= 11 is 0. The molecule has 0 amide bonds. The molecular weight excluding hydrogens is 312 g/mol. The summed E-state index contributed by atoms with van der Waals surface area (Å²) in [4.78, 5) is 0. The summed E-state index contributed by atoms with van der Waals surface area (Å²) in [5, 5.41) is 0. The quantitative estimate of drug-likeness (QED) is 0.431. The molecule has 0 aliphatic carbocycles. The van der Waals surface area contributed by atoms with Crippen molar-refractivity contribution in [2.75, 3.05) is 39.8 Å². The Morgan fingerprint density at radius 1 is 1.00 bits per heavy atom. The van der Waals surface area contributed by atoms with Crippen LogP contribution in [0.15, 0.2) is 18.2 Å². The molecule has 2 atom stereocenters. The molecule has 1 aliphatic rings. The van der Waals surface area contributed by atoms with Crippen molar-refractivity contribution in [3.05, 3.63) is 23.8 Å². The van der Waals surface area contributed by atoms with Crippen LogP contribution in [-0.4, -0.2) is 52.2 Å². The molecule has 0 bridgehead atoms. The number of ether oxygens (including phenoxy) is 6. The van der Waals surface area contributed by atoms with Crippen LogP contribution in [0.1, 0.15) is 26.3 Å². The van der Waals surface area contributed by atoms with E-state index in [0.717, 1.165) is 23.5 Å². The van der Waals surface area contributed by atoms with Gasteiger partial charge in [0.2, 0.25) is 6.79 Å². The SMILES string of the molecule is CCOCCOCCO[C@H](C)O[C@@H](C)Cc1ccc2c(c1)OCO2. The fourth-order valence-electron chi connectivity index (χ4n) is 2.45. The molecule has 1 aliphatic heterocycles. The fourth-order valence-corrected chi connectivity index (χ4v) is 2.45. The molecule has 0 unspecified atom stereocenters. The Balaban J connectivity index is 1.59. The minimum absolute atomic E-state index is 0.0410. The summed E-state index contributed by atoms with van der Waals surface area (Å²) in [6.45, 7) is 9.16. The monoisotopic (exact) mass is 340 g/mol. The maximum atomic E-state index is 5.84. The van der Waals surface area contributed by atoms with Gasteiger partial charge in [0, 0.05) is 6.61 Å². The van der Waals surface area contributed by atoms with Gasteiger partial charge in [-0.15, -0.1) is 0 Å². The molecule has 2 rings (SSSR count). The van der Waals surface area contributed by atoms with Crippen LogP contribution in [0, 0.1) is 0 Å². The van der Waals surface area contributed by atoms with Crippen molar-refractivity contribution >= 4 is 0 Å². The fraction of sp³-hybridized carbons (Fsp3) is 0.667. The van der Waals surface area contributed by atoms with Gasteiger partial charge in [0.25, 0.3) is 0 Å². The number of fused-ring (bicyclic) bond motifs is 1. The van der Waals surface area contributed by atoms with E-state index < -0.39 is 0 Å². The molecule has 6 heteroatoms. The molecule has 0 saturated carbocycles. The molecule has 24 heavy (non-hydrogen) atoms. The van der Waals surface area contributed by atoms with Gasteiger partial charge in [-0.25, -0.2) is 0 Å². The Morgan fingerprint density at radius 3 is 2.58 bits per heavy atom. The van der Waals surface area contributed by atoms with Crippen molar-refractivity contribution in [1.29, 1.82) is 0 Å². The van der Waals surface area contributed by atoms with Crippen molar-refractivity contribution in [2.45, 2.75) is 39.6 Å². The summed E-state index contributed by atoms with van der Waals surface area (Å²) in [6, 6.07) is 5.97. The lowest BCUT2D eigenvalue weighted by molar-refractivity contribution is -0.162. The zero-order chi connectivity index (χ0) is 17.2. The average molecular weight is 340 g/mol. The van der Waals surface area contributed by atoms with E-state index in [1.165, 1.54) is 0 Å². The van der Waals surface area contributed by atoms with Crippen LogP contribution < -0.4 is 9.47 Å². The smallest absolute Gasteiger partial charge is 0.231 e. The standard InChI is InChI=1S/C18H28O6/c1-4-19-7-8-20-9-10-21-15(3)24-14(2)11-16-5-6-17-18(12-16)23-13-22-17/h5-6,12,14-15H,4,7-11,13H2,1-3H3/t14-,15-/m0/s1. The maximum Gasteiger partial charge on any atom is 0.231 e. The van der Waals surface area contributed by atoms with Gasteiger partial charge in [0.05, 0.1) is 32.5 Å². The van der Waals surface area contributed by atoms with E-state index in [2.05, 4.69) is 0 Å². The molecular formula is C18H28O6. The number of hydrogen-bond acceptors (Lipinski definition) is 6. The van der Waals surface area contributed by atoms with Crippen molar-refractivity contribution in [3.63, 3.8) is 0 Å². The Bertz CT molecular complexity index is 479. The Hall–Kier alpha value is -1.34. The first-order valence-electron chi connectivity index (χ1n) is 8.50. The highest BCUT2D eigenvalue weighted by Gasteiger charge is 2.15. The molecule has 1 aromatic rings. The lowest BCUT2D eigenvalue weighted by atomic mass is 10.1. The van der Waals surface area contributed by atoms with E-state index in [0.29, 0.717) is 39.8 Å². The first kappa shape index (κ1) is 19.0. The summed E-state index contributed by atoms with van der Waals surface area (Å²) in [5.41, 5.74) is 1.15. The summed E-state index contributed by atoms with van der Waals surface area (Å²) < 4.78 is 32.7. The molecule has 0 aromatic heterocycles. The maximum absolute atomic E-state index is 5.84. The molecule has 136 valence electrons. The Labute approximate surface area is 143 Å². The van der Waals surface area contributed by atoms with Gasteiger partial charge in [-0.1, -0.05) is 6.07 Å². The van der Waals surface area contributed by atoms with Crippen molar-refractivity contribution in [3.8, 4) is 11.5 Å². The summed E-state index contributed by atoms with van der Waals surface area (Å²) in [7, 11) is 0. The third-order valence-corrected chi connectivity index (χ3v) is 3.54. The normalized spacial score (nSPS) is 15.5. The molecule has 0 spiro atoms. The number of rotatable bonds is 12. The van der Waals surface area contributed by atoms with Gasteiger partial charge < -0.3 is 28.4 Å². The third-order valence-electron chi connectivity index (χ3n) is 3.54. The molecule has 0 N–H and O–H groups in total. The van der Waals surface area contributed by atoms with Gasteiger partial charge in [-0.05, 0) is 44.9 Å². The highest BCUT2D eigenvalue weighted by Crippen LogP contribution is 2.32. The van der Waals surface area contributed by atoms with Gasteiger partial charge in [-0.2, -0.15) is 0 Å². The van der Waals surface area contributed by atoms with Gasteiger partial charge in [0.15, 0.2) is 17.8 Å². The highest BCUT2D eigenvalue weighted by molar-refractivity contribution is 5.44. The predicted octanol–water partition coefficient (Wildman–Crippen LogP) is 2.78. The van der Waals surface area contributed by atoms with Crippen molar-refractivity contribution in [1.82, 2.24) is 0 Å². The van der Waals surface area contributed by atoms with Crippen molar-refractivity contribution < 1.29 is 28.4 Å². The number of hydrogen-bond donors (Lipinski definition) is 0. The van der Waals surface area contributed by atoms with E-state index >= 15 is 0 Å². The van der Waals surface area contributed by atoms with Crippen LogP contribution in [0.4, 0.5) is 0 Å². The van der Waals surface area contributed by atoms with Gasteiger partial charge in [0.1, 0.15) is 0 Å². The van der Waals surface area contributed by atoms with Crippen LogP contribution in [0.25, 0.3) is 0 Å². The van der Waals surface area contributed by atoms with Crippen LogP contribution >= 0.6 is 0 Å². The third kappa shape index (κ3) is 6.65. The van der Waals surface area contributed by atoms with E-state index in [-0.39, 0.29) is 12.4 Å². The van der Waals surface area contributed by atoms with E-state index in [4.69, 9.17) is 28.4 Å². The van der Waals surface area contributed by atoms with Crippen LogP contribution in [0.2, 0.25) is 0 Å². The van der Waals surface area contributed by atoms with E-state index in [1.807, 2.05) is 39.0 Å². The van der Waals surface area contributed by atoms with Crippen LogP contribution in [0.5, 0.6) is 11.5 Å². The van der Waals surface area contributed by atoms with Crippen molar-refractivity contribution in [2.24, 2.45) is 0 Å². The highest BCUT2D eigenvalue weighted by atomic mass is 16.7. The lowest BCUT2D eigenvalue weighted by Crippen LogP contribution is -2.23. The number of benzene rings is 1. The molecule has 1 heterocycles. The molecule has 0 radical (unpaired) electrons. The zero-order valence-corrected chi connectivity index (χ0v) is 14.8. The minimum atomic E-state index is -0.274. The van der Waals surface area contributed by atoms with E-state index in [9.17, 15) is 0 Å². The average Bonchev–Trinajstić information content (AvgIpc) is 3.01. The molecule has 6 nitrogen and oxygen atoms in total. The second-order valence-electron chi connectivity index (χ2n) is 5.59. The summed E-state index contributed by atoms with van der Waals surface area (Å²) in [5.74, 6) is 1.60. The second-order valence-corrected chi connectivity index (χ2v) is 5.59. The first-order valence-corrected chi connectivity index (χ1v) is 8.50. The topological polar surface area (TPSA) is 55.4 Å². The molecule has 1 aromatic carbocycles. The second kappa shape index (κ2) is 10.5. The predicted molar refractivity (Wildman–Crippen MR) is 89.5 cm³/mol.